The monoisotopic (exact) mass is 374 g/mol. The van der Waals surface area contributed by atoms with Crippen molar-refractivity contribution in [1.82, 2.24) is 9.80 Å². The molecule has 1 aromatic rings. The molecule has 2 heterocycles. The summed E-state index contributed by atoms with van der Waals surface area (Å²) in [6, 6.07) is 8.61. The lowest BCUT2D eigenvalue weighted by atomic mass is 9.97. The number of carbonyl (C=O) groups is 2. The van der Waals surface area contributed by atoms with Gasteiger partial charge in [-0.25, -0.2) is 0 Å². The number of ether oxygens (including phenoxy) is 2. The summed E-state index contributed by atoms with van der Waals surface area (Å²) in [7, 11) is 3.10. The fraction of sp³-hybridized carbons (Fsp3) is 0.619. The van der Waals surface area contributed by atoms with Crippen LogP contribution >= 0.6 is 0 Å². The Balaban J connectivity index is 1.50. The predicted octanol–water partition coefficient (Wildman–Crippen LogP) is 2.11. The molecule has 6 heteroatoms. The molecule has 0 aromatic heterocycles. The van der Waals surface area contributed by atoms with E-state index in [0.717, 1.165) is 31.6 Å². The van der Waals surface area contributed by atoms with Crippen LogP contribution in [0.1, 0.15) is 31.2 Å². The molecule has 2 aliphatic rings. The maximum absolute atomic E-state index is 12.7. The molecule has 0 saturated carbocycles. The quantitative estimate of drug-likeness (QED) is 0.714. The van der Waals surface area contributed by atoms with Gasteiger partial charge in [-0.2, -0.15) is 0 Å². The zero-order valence-corrected chi connectivity index (χ0v) is 16.4. The van der Waals surface area contributed by atoms with Crippen LogP contribution in [-0.4, -0.2) is 68.1 Å². The highest BCUT2D eigenvalue weighted by Crippen LogP contribution is 2.23. The molecule has 148 valence electrons. The Morgan fingerprint density at radius 2 is 1.74 bits per heavy atom. The number of hydrogen-bond acceptors (Lipinski definition) is 5. The van der Waals surface area contributed by atoms with E-state index in [2.05, 4.69) is 17.0 Å². The SMILES string of the molecule is COC(=O)C1CCN(C(=O)CN2CCC[C@@H]2Cc2ccc(OC)cc2)CC1. The van der Waals surface area contributed by atoms with Crippen molar-refractivity contribution in [3.8, 4) is 5.75 Å². The molecule has 0 spiro atoms. The largest absolute Gasteiger partial charge is 0.497 e. The van der Waals surface area contributed by atoms with Gasteiger partial charge in [-0.1, -0.05) is 12.1 Å². The van der Waals surface area contributed by atoms with Gasteiger partial charge in [0.25, 0.3) is 0 Å². The molecule has 6 nitrogen and oxygen atoms in total. The van der Waals surface area contributed by atoms with E-state index in [1.165, 1.54) is 12.7 Å². The molecule has 1 atom stereocenters. The molecule has 1 aromatic carbocycles. The van der Waals surface area contributed by atoms with Crippen molar-refractivity contribution in [2.45, 2.75) is 38.1 Å². The molecule has 0 bridgehead atoms. The number of benzene rings is 1. The zero-order valence-electron chi connectivity index (χ0n) is 16.4. The summed E-state index contributed by atoms with van der Waals surface area (Å²) in [5, 5.41) is 0. The van der Waals surface area contributed by atoms with Gasteiger partial charge in [0.15, 0.2) is 0 Å². The third kappa shape index (κ3) is 5.01. The van der Waals surface area contributed by atoms with Gasteiger partial charge in [0.1, 0.15) is 5.75 Å². The van der Waals surface area contributed by atoms with Crippen molar-refractivity contribution in [3.63, 3.8) is 0 Å². The summed E-state index contributed by atoms with van der Waals surface area (Å²) in [6.07, 6.45) is 4.63. The number of piperidine rings is 1. The van der Waals surface area contributed by atoms with Crippen LogP contribution in [0.25, 0.3) is 0 Å². The van der Waals surface area contributed by atoms with Gasteiger partial charge in [0.05, 0.1) is 26.7 Å². The first-order valence-electron chi connectivity index (χ1n) is 9.83. The highest BCUT2D eigenvalue weighted by atomic mass is 16.5. The molecule has 0 unspecified atom stereocenters. The van der Waals surface area contributed by atoms with E-state index < -0.39 is 0 Å². The van der Waals surface area contributed by atoms with Crippen LogP contribution in [0.15, 0.2) is 24.3 Å². The van der Waals surface area contributed by atoms with E-state index in [1.807, 2.05) is 17.0 Å². The first-order valence-corrected chi connectivity index (χ1v) is 9.83. The molecule has 2 fully saturated rings. The highest BCUT2D eigenvalue weighted by molar-refractivity contribution is 5.79. The maximum Gasteiger partial charge on any atom is 0.308 e. The Morgan fingerprint density at radius 1 is 1.04 bits per heavy atom. The molecule has 27 heavy (non-hydrogen) atoms. The van der Waals surface area contributed by atoms with E-state index in [-0.39, 0.29) is 17.8 Å². The number of rotatable bonds is 6. The first-order chi connectivity index (χ1) is 13.1. The Kier molecular flexibility index (Phi) is 6.72. The van der Waals surface area contributed by atoms with E-state index in [4.69, 9.17) is 9.47 Å². The lowest BCUT2D eigenvalue weighted by Crippen LogP contribution is -2.46. The minimum Gasteiger partial charge on any atom is -0.497 e. The minimum absolute atomic E-state index is 0.0614. The average Bonchev–Trinajstić information content (AvgIpc) is 3.14. The molecule has 0 radical (unpaired) electrons. The van der Waals surface area contributed by atoms with Crippen molar-refractivity contribution >= 4 is 11.9 Å². The number of nitrogens with zero attached hydrogens (tertiary/aromatic N) is 2. The van der Waals surface area contributed by atoms with Crippen LogP contribution in [-0.2, 0) is 20.7 Å². The molecule has 2 aliphatic heterocycles. The van der Waals surface area contributed by atoms with Crippen LogP contribution < -0.4 is 4.74 Å². The molecule has 1 amide bonds. The molecular formula is C21H30N2O4. The van der Waals surface area contributed by atoms with Crippen molar-refractivity contribution in [2.24, 2.45) is 5.92 Å². The number of carbonyl (C=O) groups excluding carboxylic acids is 2. The molecule has 0 aliphatic carbocycles. The Labute approximate surface area is 161 Å². The second kappa shape index (κ2) is 9.22. The third-order valence-corrected chi connectivity index (χ3v) is 5.85. The molecule has 2 saturated heterocycles. The van der Waals surface area contributed by atoms with Crippen LogP contribution in [0.2, 0.25) is 0 Å². The Morgan fingerprint density at radius 3 is 2.37 bits per heavy atom. The fourth-order valence-electron chi connectivity index (χ4n) is 4.17. The highest BCUT2D eigenvalue weighted by Gasteiger charge is 2.31. The summed E-state index contributed by atoms with van der Waals surface area (Å²) in [5.41, 5.74) is 1.28. The molecular weight excluding hydrogens is 344 g/mol. The van der Waals surface area contributed by atoms with Crippen LogP contribution in [0.3, 0.4) is 0 Å². The van der Waals surface area contributed by atoms with Gasteiger partial charge in [0, 0.05) is 19.1 Å². The van der Waals surface area contributed by atoms with E-state index in [1.54, 1.807) is 7.11 Å². The number of hydrogen-bond donors (Lipinski definition) is 0. The smallest absolute Gasteiger partial charge is 0.308 e. The summed E-state index contributed by atoms with van der Waals surface area (Å²) >= 11 is 0. The maximum atomic E-state index is 12.7. The normalized spacial score (nSPS) is 21.3. The number of amides is 1. The lowest BCUT2D eigenvalue weighted by molar-refractivity contribution is -0.149. The van der Waals surface area contributed by atoms with Crippen molar-refractivity contribution < 1.29 is 19.1 Å². The number of likely N-dealkylation sites (tertiary alicyclic amines) is 2. The van der Waals surface area contributed by atoms with Crippen LogP contribution in [0.5, 0.6) is 5.75 Å². The first kappa shape index (κ1) is 19.7. The van der Waals surface area contributed by atoms with Crippen molar-refractivity contribution in [1.29, 1.82) is 0 Å². The third-order valence-electron chi connectivity index (χ3n) is 5.85. The summed E-state index contributed by atoms with van der Waals surface area (Å²) in [6.45, 7) is 2.75. The van der Waals surface area contributed by atoms with Crippen LogP contribution in [0.4, 0.5) is 0 Å². The zero-order chi connectivity index (χ0) is 19.2. The van der Waals surface area contributed by atoms with E-state index in [9.17, 15) is 9.59 Å². The van der Waals surface area contributed by atoms with E-state index >= 15 is 0 Å². The van der Waals surface area contributed by atoms with Crippen molar-refractivity contribution in [3.05, 3.63) is 29.8 Å². The Bertz CT molecular complexity index is 638. The van der Waals surface area contributed by atoms with Gasteiger partial charge in [-0.15, -0.1) is 0 Å². The average molecular weight is 374 g/mol. The fourth-order valence-corrected chi connectivity index (χ4v) is 4.17. The van der Waals surface area contributed by atoms with Gasteiger partial charge in [-0.3, -0.25) is 14.5 Å². The molecule has 0 N–H and O–H groups in total. The standard InChI is InChI=1S/C21H30N2O4/c1-26-19-7-5-16(6-8-19)14-18-4-3-11-23(18)15-20(24)22-12-9-17(10-13-22)21(25)27-2/h5-8,17-18H,3-4,9-15H2,1-2H3/t18-/m1/s1. The topological polar surface area (TPSA) is 59.1 Å². The minimum atomic E-state index is -0.152. The van der Waals surface area contributed by atoms with Gasteiger partial charge < -0.3 is 14.4 Å². The second-order valence-corrected chi connectivity index (χ2v) is 7.50. The lowest BCUT2D eigenvalue weighted by Gasteiger charge is -2.33. The van der Waals surface area contributed by atoms with Crippen LogP contribution in [0, 0.1) is 5.92 Å². The van der Waals surface area contributed by atoms with Gasteiger partial charge in [0.2, 0.25) is 5.91 Å². The summed E-state index contributed by atoms with van der Waals surface area (Å²) in [5.74, 6) is 0.836. The van der Waals surface area contributed by atoms with Crippen molar-refractivity contribution in [2.75, 3.05) is 40.4 Å². The summed E-state index contributed by atoms with van der Waals surface area (Å²) in [4.78, 5) is 28.6. The van der Waals surface area contributed by atoms with E-state index in [0.29, 0.717) is 38.5 Å². The predicted molar refractivity (Wildman–Crippen MR) is 103 cm³/mol. The second-order valence-electron chi connectivity index (χ2n) is 7.50. The molecule has 3 rings (SSSR count). The van der Waals surface area contributed by atoms with Gasteiger partial charge >= 0.3 is 5.97 Å². The Hall–Kier alpha value is -2.08. The van der Waals surface area contributed by atoms with Gasteiger partial charge in [-0.05, 0) is 56.3 Å². The summed E-state index contributed by atoms with van der Waals surface area (Å²) < 4.78 is 10.0. The number of esters is 1. The number of methoxy groups -OCH3 is 2.